The van der Waals surface area contributed by atoms with Crippen molar-refractivity contribution in [2.75, 3.05) is 20.7 Å². The first kappa shape index (κ1) is 18.0. The van der Waals surface area contributed by atoms with E-state index < -0.39 is 6.10 Å². The second kappa shape index (κ2) is 8.49. The fourth-order valence-electron chi connectivity index (χ4n) is 3.29. The summed E-state index contributed by atoms with van der Waals surface area (Å²) in [6.45, 7) is -0.166. The zero-order valence-corrected chi connectivity index (χ0v) is 14.1. The van der Waals surface area contributed by atoms with Crippen LogP contribution in [0.2, 0.25) is 0 Å². The van der Waals surface area contributed by atoms with E-state index in [9.17, 15) is 14.7 Å². The second-order valence-corrected chi connectivity index (χ2v) is 6.75. The molecule has 2 fully saturated rings. The van der Waals surface area contributed by atoms with Gasteiger partial charge in [0.25, 0.3) is 0 Å². The Balaban J connectivity index is 1.79. The number of nitrogens with zero attached hydrogens (tertiary/aromatic N) is 1. The Morgan fingerprint density at radius 1 is 1.13 bits per heavy atom. The first-order chi connectivity index (χ1) is 11.0. The first-order valence-corrected chi connectivity index (χ1v) is 8.53. The van der Waals surface area contributed by atoms with Gasteiger partial charge in [-0.1, -0.05) is 12.8 Å². The third-order valence-corrected chi connectivity index (χ3v) is 4.70. The van der Waals surface area contributed by atoms with Gasteiger partial charge in [-0.05, 0) is 25.7 Å². The van der Waals surface area contributed by atoms with Crippen molar-refractivity contribution in [3.8, 4) is 0 Å². The number of rotatable bonds is 5. The van der Waals surface area contributed by atoms with E-state index in [2.05, 4.69) is 10.6 Å². The quantitative estimate of drug-likeness (QED) is 0.690. The summed E-state index contributed by atoms with van der Waals surface area (Å²) < 4.78 is 5.80. The number of hydrogen-bond acceptors (Lipinski definition) is 4. The summed E-state index contributed by atoms with van der Waals surface area (Å²) >= 11 is 0. The van der Waals surface area contributed by atoms with Gasteiger partial charge in [0.2, 0.25) is 5.91 Å². The van der Waals surface area contributed by atoms with E-state index in [1.165, 1.54) is 17.7 Å². The summed E-state index contributed by atoms with van der Waals surface area (Å²) in [7, 11) is 3.43. The van der Waals surface area contributed by atoms with Gasteiger partial charge in [0.1, 0.15) is 6.10 Å². The highest BCUT2D eigenvalue weighted by Crippen LogP contribution is 2.23. The number of ether oxygens (including phenoxy) is 1. The van der Waals surface area contributed by atoms with Gasteiger partial charge in [0.05, 0.1) is 25.2 Å². The predicted molar refractivity (Wildman–Crippen MR) is 86.0 cm³/mol. The molecule has 3 N–H and O–H groups in total. The van der Waals surface area contributed by atoms with Gasteiger partial charge in [-0.25, -0.2) is 4.79 Å². The fraction of sp³-hybridized carbons (Fsp3) is 0.875. The van der Waals surface area contributed by atoms with Gasteiger partial charge in [-0.2, -0.15) is 0 Å². The minimum absolute atomic E-state index is 0.0112. The van der Waals surface area contributed by atoms with Crippen LogP contribution in [0.3, 0.4) is 0 Å². The number of nitrogens with one attached hydrogen (secondary N) is 2. The molecule has 23 heavy (non-hydrogen) atoms. The maximum Gasteiger partial charge on any atom is 0.315 e. The van der Waals surface area contributed by atoms with E-state index in [0.29, 0.717) is 19.3 Å². The molecule has 0 bridgehead atoms. The smallest absolute Gasteiger partial charge is 0.315 e. The average Bonchev–Trinajstić information content (AvgIpc) is 3.01. The highest BCUT2D eigenvalue weighted by atomic mass is 16.5. The van der Waals surface area contributed by atoms with E-state index in [4.69, 9.17) is 4.74 Å². The minimum atomic E-state index is -0.460. The minimum Gasteiger partial charge on any atom is -0.394 e. The van der Waals surface area contributed by atoms with Gasteiger partial charge in [0, 0.05) is 20.1 Å². The standard InChI is InChI=1S/C16H29N3O4/c1-19(2)15(21)9-12-7-8-13(14(10-20)23-12)18-16(22)17-11-5-3-4-6-11/h11-14,20H,3-10H2,1-2H3,(H2,17,18,22)/t12-,13+,14+/m1/s1. The number of hydrogen-bond donors (Lipinski definition) is 3. The maximum atomic E-state index is 12.1. The lowest BCUT2D eigenvalue weighted by molar-refractivity contribution is -0.137. The molecule has 3 atom stereocenters. The molecule has 1 heterocycles. The van der Waals surface area contributed by atoms with Crippen LogP contribution >= 0.6 is 0 Å². The monoisotopic (exact) mass is 327 g/mol. The number of aliphatic hydroxyl groups is 1. The molecular weight excluding hydrogens is 298 g/mol. The number of aliphatic hydroxyl groups excluding tert-OH is 1. The zero-order chi connectivity index (χ0) is 16.8. The largest absolute Gasteiger partial charge is 0.394 e. The molecule has 7 heteroatoms. The van der Waals surface area contributed by atoms with Gasteiger partial charge >= 0.3 is 6.03 Å². The molecule has 1 saturated heterocycles. The molecule has 0 radical (unpaired) electrons. The lowest BCUT2D eigenvalue weighted by Crippen LogP contribution is -2.54. The van der Waals surface area contributed by atoms with Gasteiger partial charge in [0.15, 0.2) is 0 Å². The normalized spacial score (nSPS) is 28.4. The van der Waals surface area contributed by atoms with E-state index in [1.54, 1.807) is 14.1 Å². The molecule has 0 aromatic rings. The van der Waals surface area contributed by atoms with Crippen molar-refractivity contribution in [1.82, 2.24) is 15.5 Å². The van der Waals surface area contributed by atoms with Crippen LogP contribution in [0.25, 0.3) is 0 Å². The summed E-state index contributed by atoms with van der Waals surface area (Å²) in [6.07, 6.45) is 5.45. The molecule has 0 aromatic carbocycles. The van der Waals surface area contributed by atoms with Crippen LogP contribution in [0, 0.1) is 0 Å². The van der Waals surface area contributed by atoms with Crippen LogP contribution in [0.1, 0.15) is 44.9 Å². The predicted octanol–water partition coefficient (Wildman–Crippen LogP) is 0.615. The van der Waals surface area contributed by atoms with Crippen molar-refractivity contribution in [3.05, 3.63) is 0 Å². The molecule has 2 aliphatic rings. The van der Waals surface area contributed by atoms with E-state index in [0.717, 1.165) is 12.8 Å². The number of urea groups is 1. The van der Waals surface area contributed by atoms with Crippen molar-refractivity contribution in [2.45, 2.75) is 69.2 Å². The third kappa shape index (κ3) is 5.35. The van der Waals surface area contributed by atoms with Crippen molar-refractivity contribution < 1.29 is 19.4 Å². The molecule has 1 aliphatic carbocycles. The van der Waals surface area contributed by atoms with Gasteiger partial charge in [-0.15, -0.1) is 0 Å². The maximum absolute atomic E-state index is 12.1. The Kier molecular flexibility index (Phi) is 6.65. The van der Waals surface area contributed by atoms with Crippen LogP contribution in [0.5, 0.6) is 0 Å². The van der Waals surface area contributed by atoms with Crippen molar-refractivity contribution in [3.63, 3.8) is 0 Å². The topological polar surface area (TPSA) is 90.9 Å². The molecule has 132 valence electrons. The van der Waals surface area contributed by atoms with Crippen molar-refractivity contribution in [2.24, 2.45) is 0 Å². The number of amides is 3. The SMILES string of the molecule is CN(C)C(=O)C[C@H]1CC[C@H](NC(=O)NC2CCCC2)[C@H](CO)O1. The average molecular weight is 327 g/mol. The Morgan fingerprint density at radius 2 is 1.83 bits per heavy atom. The molecule has 1 aliphatic heterocycles. The number of carbonyl (C=O) groups is 2. The highest BCUT2D eigenvalue weighted by molar-refractivity contribution is 5.76. The fourth-order valence-corrected chi connectivity index (χ4v) is 3.29. The van der Waals surface area contributed by atoms with E-state index >= 15 is 0 Å². The highest BCUT2D eigenvalue weighted by Gasteiger charge is 2.33. The lowest BCUT2D eigenvalue weighted by atomic mass is 9.97. The Labute approximate surface area is 137 Å². The summed E-state index contributed by atoms with van der Waals surface area (Å²) in [4.78, 5) is 25.4. The summed E-state index contributed by atoms with van der Waals surface area (Å²) in [5, 5.41) is 15.4. The summed E-state index contributed by atoms with van der Waals surface area (Å²) in [6, 6.07) is -0.142. The summed E-state index contributed by atoms with van der Waals surface area (Å²) in [5.41, 5.74) is 0. The van der Waals surface area contributed by atoms with E-state index in [-0.39, 0.29) is 36.7 Å². The first-order valence-electron chi connectivity index (χ1n) is 8.53. The molecule has 0 spiro atoms. The van der Waals surface area contributed by atoms with Crippen molar-refractivity contribution in [1.29, 1.82) is 0 Å². The van der Waals surface area contributed by atoms with Crippen LogP contribution < -0.4 is 10.6 Å². The molecular formula is C16H29N3O4. The van der Waals surface area contributed by atoms with Gasteiger partial charge in [-0.3, -0.25) is 4.79 Å². The van der Waals surface area contributed by atoms with Crippen LogP contribution in [0.15, 0.2) is 0 Å². The van der Waals surface area contributed by atoms with Crippen LogP contribution in [-0.2, 0) is 9.53 Å². The Bertz CT molecular complexity index is 410. The van der Waals surface area contributed by atoms with Gasteiger partial charge < -0.3 is 25.4 Å². The Morgan fingerprint density at radius 3 is 2.43 bits per heavy atom. The number of carbonyl (C=O) groups excluding carboxylic acids is 2. The Hall–Kier alpha value is -1.34. The van der Waals surface area contributed by atoms with Crippen molar-refractivity contribution >= 4 is 11.9 Å². The summed E-state index contributed by atoms with van der Waals surface area (Å²) in [5.74, 6) is 0.0112. The zero-order valence-electron chi connectivity index (χ0n) is 14.1. The molecule has 1 saturated carbocycles. The molecule has 3 amide bonds. The second-order valence-electron chi connectivity index (χ2n) is 6.75. The van der Waals surface area contributed by atoms with Crippen LogP contribution in [0.4, 0.5) is 4.79 Å². The third-order valence-electron chi connectivity index (χ3n) is 4.70. The lowest BCUT2D eigenvalue weighted by Gasteiger charge is -2.36. The molecule has 0 aromatic heterocycles. The molecule has 7 nitrogen and oxygen atoms in total. The van der Waals surface area contributed by atoms with Crippen LogP contribution in [-0.4, -0.2) is 66.9 Å². The molecule has 0 unspecified atom stereocenters. The molecule has 2 rings (SSSR count). The van der Waals surface area contributed by atoms with E-state index in [1.807, 2.05) is 0 Å².